The molecule has 1 aromatic heterocycles. The summed E-state index contributed by atoms with van der Waals surface area (Å²) < 4.78 is 2.12. The second kappa shape index (κ2) is 4.49. The Balaban J connectivity index is 2.33. The van der Waals surface area contributed by atoms with Crippen molar-refractivity contribution in [2.75, 3.05) is 14.1 Å². The number of rotatable bonds is 3. The molecule has 0 aliphatic rings. The highest BCUT2D eigenvalue weighted by molar-refractivity contribution is 5.35. The van der Waals surface area contributed by atoms with Crippen LogP contribution in [-0.4, -0.2) is 28.5 Å². The number of hydrogen-bond donors (Lipinski definition) is 0. The molecule has 0 spiro atoms. The number of imidazole rings is 1. The normalized spacial score (nSPS) is 11.0. The highest BCUT2D eigenvalue weighted by Gasteiger charge is 2.05. The zero-order valence-corrected chi connectivity index (χ0v) is 10.0. The first-order chi connectivity index (χ1) is 7.66. The molecule has 0 aliphatic heterocycles. The van der Waals surface area contributed by atoms with Gasteiger partial charge in [-0.25, -0.2) is 4.98 Å². The van der Waals surface area contributed by atoms with Gasteiger partial charge in [0.05, 0.1) is 6.54 Å². The summed E-state index contributed by atoms with van der Waals surface area (Å²) in [4.78, 5) is 6.49. The fourth-order valence-electron chi connectivity index (χ4n) is 1.67. The lowest BCUT2D eigenvalue weighted by Gasteiger charge is -2.12. The van der Waals surface area contributed by atoms with Crippen LogP contribution in [0, 0.1) is 6.92 Å². The minimum absolute atomic E-state index is 0.848. The molecule has 0 saturated carbocycles. The molecule has 3 nitrogen and oxygen atoms in total. The summed E-state index contributed by atoms with van der Waals surface area (Å²) in [6.07, 6.45) is 3.85. The van der Waals surface area contributed by atoms with Gasteiger partial charge in [-0.05, 0) is 33.2 Å². The summed E-state index contributed by atoms with van der Waals surface area (Å²) in [6, 6.07) is 8.48. The number of benzene rings is 1. The molecule has 84 valence electrons. The van der Waals surface area contributed by atoms with Crippen LogP contribution in [0.2, 0.25) is 0 Å². The molecule has 0 saturated heterocycles. The highest BCUT2D eigenvalue weighted by atomic mass is 15.1. The molecule has 1 heterocycles. The van der Waals surface area contributed by atoms with Crippen LogP contribution in [0.1, 0.15) is 11.4 Å². The number of nitrogens with zero attached hydrogens (tertiary/aromatic N) is 3. The van der Waals surface area contributed by atoms with Crippen molar-refractivity contribution in [3.05, 3.63) is 48.0 Å². The van der Waals surface area contributed by atoms with E-state index in [2.05, 4.69) is 45.6 Å². The van der Waals surface area contributed by atoms with Gasteiger partial charge in [0.2, 0.25) is 0 Å². The van der Waals surface area contributed by atoms with E-state index in [4.69, 9.17) is 0 Å². The van der Waals surface area contributed by atoms with E-state index in [9.17, 15) is 0 Å². The van der Waals surface area contributed by atoms with Crippen LogP contribution in [0.3, 0.4) is 0 Å². The summed E-state index contributed by atoms with van der Waals surface area (Å²) in [6.45, 7) is 2.94. The van der Waals surface area contributed by atoms with Crippen LogP contribution in [0.4, 0.5) is 0 Å². The average molecular weight is 215 g/mol. The Hall–Kier alpha value is -1.61. The van der Waals surface area contributed by atoms with Crippen LogP contribution in [0.25, 0.3) is 5.69 Å². The maximum atomic E-state index is 4.38. The molecule has 0 fully saturated rings. The third-order valence-corrected chi connectivity index (χ3v) is 2.49. The van der Waals surface area contributed by atoms with Crippen LogP contribution in [0.15, 0.2) is 36.7 Å². The molecule has 16 heavy (non-hydrogen) atoms. The van der Waals surface area contributed by atoms with Crippen LogP contribution in [-0.2, 0) is 6.54 Å². The maximum absolute atomic E-state index is 4.38. The average Bonchev–Trinajstić information content (AvgIpc) is 2.66. The van der Waals surface area contributed by atoms with Crippen molar-refractivity contribution in [2.45, 2.75) is 13.5 Å². The van der Waals surface area contributed by atoms with Gasteiger partial charge in [-0.3, -0.25) is 0 Å². The van der Waals surface area contributed by atoms with Crippen molar-refractivity contribution in [2.24, 2.45) is 0 Å². The van der Waals surface area contributed by atoms with E-state index < -0.39 is 0 Å². The predicted octanol–water partition coefficient (Wildman–Crippen LogP) is 2.24. The Morgan fingerprint density at radius 1 is 1.19 bits per heavy atom. The minimum Gasteiger partial charge on any atom is -0.303 e. The van der Waals surface area contributed by atoms with Gasteiger partial charge in [-0.2, -0.15) is 0 Å². The lowest BCUT2D eigenvalue weighted by Crippen LogP contribution is -2.14. The van der Waals surface area contributed by atoms with Crippen molar-refractivity contribution in [3.63, 3.8) is 0 Å². The lowest BCUT2D eigenvalue weighted by molar-refractivity contribution is 0.388. The van der Waals surface area contributed by atoms with Crippen LogP contribution >= 0.6 is 0 Å². The molecule has 0 atom stereocenters. The van der Waals surface area contributed by atoms with E-state index in [0.717, 1.165) is 12.4 Å². The molecule has 0 bridgehead atoms. The van der Waals surface area contributed by atoms with Gasteiger partial charge in [0.1, 0.15) is 5.82 Å². The van der Waals surface area contributed by atoms with E-state index in [-0.39, 0.29) is 0 Å². The largest absolute Gasteiger partial charge is 0.303 e. The SMILES string of the molecule is Cc1ccc(-n2ccnc2CN(C)C)cc1. The zero-order chi connectivity index (χ0) is 11.5. The molecular formula is C13H17N3. The van der Waals surface area contributed by atoms with Crippen molar-refractivity contribution in [1.29, 1.82) is 0 Å². The van der Waals surface area contributed by atoms with Gasteiger partial charge in [0.25, 0.3) is 0 Å². The van der Waals surface area contributed by atoms with Gasteiger partial charge in [0, 0.05) is 18.1 Å². The third-order valence-electron chi connectivity index (χ3n) is 2.49. The maximum Gasteiger partial charge on any atom is 0.127 e. The van der Waals surface area contributed by atoms with Crippen molar-refractivity contribution in [1.82, 2.24) is 14.5 Å². The number of hydrogen-bond acceptors (Lipinski definition) is 2. The zero-order valence-electron chi connectivity index (χ0n) is 10.0. The molecule has 2 aromatic rings. The van der Waals surface area contributed by atoms with Crippen LogP contribution < -0.4 is 0 Å². The molecule has 0 aliphatic carbocycles. The Morgan fingerprint density at radius 2 is 1.88 bits per heavy atom. The quantitative estimate of drug-likeness (QED) is 0.783. The first kappa shape index (κ1) is 10.9. The van der Waals surface area contributed by atoms with Crippen molar-refractivity contribution >= 4 is 0 Å². The minimum atomic E-state index is 0.848. The first-order valence-corrected chi connectivity index (χ1v) is 5.41. The van der Waals surface area contributed by atoms with E-state index >= 15 is 0 Å². The Kier molecular flexibility index (Phi) is 3.06. The second-order valence-electron chi connectivity index (χ2n) is 4.29. The molecular weight excluding hydrogens is 198 g/mol. The topological polar surface area (TPSA) is 21.1 Å². The van der Waals surface area contributed by atoms with E-state index in [1.807, 2.05) is 26.5 Å². The molecule has 0 unspecified atom stereocenters. The molecule has 1 aromatic carbocycles. The third kappa shape index (κ3) is 2.31. The van der Waals surface area contributed by atoms with Gasteiger partial charge in [0.15, 0.2) is 0 Å². The van der Waals surface area contributed by atoms with Crippen molar-refractivity contribution in [3.8, 4) is 5.69 Å². The smallest absolute Gasteiger partial charge is 0.127 e. The number of aromatic nitrogens is 2. The number of aryl methyl sites for hydroxylation is 1. The summed E-state index contributed by atoms with van der Waals surface area (Å²) in [7, 11) is 4.10. The highest BCUT2D eigenvalue weighted by Crippen LogP contribution is 2.12. The molecule has 2 rings (SSSR count). The second-order valence-corrected chi connectivity index (χ2v) is 4.29. The van der Waals surface area contributed by atoms with E-state index in [0.29, 0.717) is 0 Å². The summed E-state index contributed by atoms with van der Waals surface area (Å²) in [5, 5.41) is 0. The standard InChI is InChI=1S/C13H17N3/c1-11-4-6-12(7-5-11)16-9-8-14-13(16)10-15(2)3/h4-9H,10H2,1-3H3. The lowest BCUT2D eigenvalue weighted by atomic mass is 10.2. The summed E-state index contributed by atoms with van der Waals surface area (Å²) in [5.74, 6) is 1.06. The molecule has 0 radical (unpaired) electrons. The summed E-state index contributed by atoms with van der Waals surface area (Å²) in [5.41, 5.74) is 2.44. The molecule has 3 heteroatoms. The Bertz CT molecular complexity index is 454. The van der Waals surface area contributed by atoms with Gasteiger partial charge < -0.3 is 9.47 Å². The van der Waals surface area contributed by atoms with Gasteiger partial charge >= 0.3 is 0 Å². The van der Waals surface area contributed by atoms with Gasteiger partial charge in [-0.1, -0.05) is 17.7 Å². The fraction of sp³-hybridized carbons (Fsp3) is 0.308. The Morgan fingerprint density at radius 3 is 2.50 bits per heavy atom. The van der Waals surface area contributed by atoms with Gasteiger partial charge in [-0.15, -0.1) is 0 Å². The molecule has 0 N–H and O–H groups in total. The Labute approximate surface area is 96.3 Å². The molecule has 0 amide bonds. The first-order valence-electron chi connectivity index (χ1n) is 5.41. The fourth-order valence-corrected chi connectivity index (χ4v) is 1.67. The monoisotopic (exact) mass is 215 g/mol. The van der Waals surface area contributed by atoms with Crippen molar-refractivity contribution < 1.29 is 0 Å². The predicted molar refractivity (Wildman–Crippen MR) is 65.7 cm³/mol. The van der Waals surface area contributed by atoms with E-state index in [1.165, 1.54) is 11.3 Å². The van der Waals surface area contributed by atoms with Crippen LogP contribution in [0.5, 0.6) is 0 Å². The summed E-state index contributed by atoms with van der Waals surface area (Å²) >= 11 is 0. The van der Waals surface area contributed by atoms with E-state index in [1.54, 1.807) is 0 Å².